The maximum absolute atomic E-state index is 12.7. The van der Waals surface area contributed by atoms with Crippen molar-refractivity contribution in [1.29, 1.82) is 0 Å². The Kier molecular flexibility index (Phi) is 6.59. The molecule has 0 unspecified atom stereocenters. The van der Waals surface area contributed by atoms with Crippen molar-refractivity contribution < 1.29 is 22.7 Å². The second kappa shape index (κ2) is 8.83. The highest BCUT2D eigenvalue weighted by Crippen LogP contribution is 2.29. The van der Waals surface area contributed by atoms with Gasteiger partial charge < -0.3 is 15.0 Å². The standard InChI is InChI=1S/C21H31N3O5S/c1-21(2,3)29-20(26)23-12-8-17(9-13-23)19(25)22-11-15-30(27,28)24-14-10-16-6-4-5-7-18(16)24/h4-7,17H,8-15H2,1-3H3,(H,22,25). The molecule has 2 aliphatic heterocycles. The first-order valence-corrected chi connectivity index (χ1v) is 12.0. The summed E-state index contributed by atoms with van der Waals surface area (Å²) in [6, 6.07) is 7.49. The van der Waals surface area contributed by atoms with Gasteiger partial charge in [-0.05, 0) is 51.7 Å². The molecule has 0 saturated carbocycles. The van der Waals surface area contributed by atoms with Crippen LogP contribution in [0.3, 0.4) is 0 Å². The molecule has 9 heteroatoms. The fraction of sp³-hybridized carbons (Fsp3) is 0.619. The van der Waals surface area contributed by atoms with Crippen molar-refractivity contribution in [3.05, 3.63) is 29.8 Å². The number of rotatable bonds is 5. The van der Waals surface area contributed by atoms with Crippen molar-refractivity contribution in [3.63, 3.8) is 0 Å². The van der Waals surface area contributed by atoms with Gasteiger partial charge >= 0.3 is 6.09 Å². The number of carbonyl (C=O) groups is 2. The number of piperidine rings is 1. The van der Waals surface area contributed by atoms with E-state index in [1.54, 1.807) is 4.90 Å². The molecule has 0 spiro atoms. The summed E-state index contributed by atoms with van der Waals surface area (Å²) in [6.07, 6.45) is 1.42. The Morgan fingerprint density at radius 1 is 1.13 bits per heavy atom. The summed E-state index contributed by atoms with van der Waals surface area (Å²) in [5, 5.41) is 2.76. The normalized spacial score (nSPS) is 17.6. The van der Waals surface area contributed by atoms with Crippen molar-refractivity contribution in [2.75, 3.05) is 36.2 Å². The molecule has 3 rings (SSSR count). The average molecular weight is 438 g/mol. The summed E-state index contributed by atoms with van der Waals surface area (Å²) in [5.74, 6) is -0.515. The Morgan fingerprint density at radius 3 is 2.47 bits per heavy atom. The van der Waals surface area contributed by atoms with E-state index in [1.165, 1.54) is 4.31 Å². The van der Waals surface area contributed by atoms with Crippen molar-refractivity contribution in [3.8, 4) is 0 Å². The highest BCUT2D eigenvalue weighted by Gasteiger charge is 2.31. The van der Waals surface area contributed by atoms with Gasteiger partial charge in [0.25, 0.3) is 0 Å². The molecule has 0 atom stereocenters. The number of para-hydroxylation sites is 1. The van der Waals surface area contributed by atoms with Crippen LogP contribution in [-0.2, 0) is 26.0 Å². The molecular weight excluding hydrogens is 406 g/mol. The van der Waals surface area contributed by atoms with Crippen LogP contribution in [0.1, 0.15) is 39.2 Å². The average Bonchev–Trinajstić information content (AvgIpc) is 3.11. The summed E-state index contributed by atoms with van der Waals surface area (Å²) >= 11 is 0. The molecule has 1 aromatic rings. The zero-order chi connectivity index (χ0) is 21.9. The van der Waals surface area contributed by atoms with E-state index < -0.39 is 15.6 Å². The van der Waals surface area contributed by atoms with Crippen LogP contribution in [-0.4, -0.2) is 62.9 Å². The maximum atomic E-state index is 12.7. The zero-order valence-electron chi connectivity index (χ0n) is 17.9. The van der Waals surface area contributed by atoms with E-state index in [9.17, 15) is 18.0 Å². The Labute approximate surface area is 178 Å². The fourth-order valence-electron chi connectivity index (χ4n) is 3.81. The molecule has 0 bridgehead atoms. The van der Waals surface area contributed by atoms with Crippen molar-refractivity contribution in [1.82, 2.24) is 10.2 Å². The third kappa shape index (κ3) is 5.44. The van der Waals surface area contributed by atoms with Crippen LogP contribution in [0.2, 0.25) is 0 Å². The minimum absolute atomic E-state index is 0.0755. The summed E-state index contributed by atoms with van der Waals surface area (Å²) in [4.78, 5) is 26.2. The van der Waals surface area contributed by atoms with Gasteiger partial charge in [0.2, 0.25) is 15.9 Å². The topological polar surface area (TPSA) is 96.0 Å². The lowest BCUT2D eigenvalue weighted by molar-refractivity contribution is -0.126. The van der Waals surface area contributed by atoms with Crippen LogP contribution in [0, 0.1) is 5.92 Å². The smallest absolute Gasteiger partial charge is 0.410 e. The largest absolute Gasteiger partial charge is 0.444 e. The summed E-state index contributed by atoms with van der Waals surface area (Å²) < 4.78 is 32.2. The number of ether oxygens (including phenoxy) is 1. The molecule has 0 aliphatic carbocycles. The van der Waals surface area contributed by atoms with Gasteiger partial charge in [-0.25, -0.2) is 13.2 Å². The lowest BCUT2D eigenvalue weighted by atomic mass is 9.96. The van der Waals surface area contributed by atoms with Gasteiger partial charge in [0.1, 0.15) is 5.60 Å². The van der Waals surface area contributed by atoms with Gasteiger partial charge in [-0.1, -0.05) is 18.2 Å². The van der Waals surface area contributed by atoms with Crippen LogP contribution in [0.15, 0.2) is 24.3 Å². The number of fused-ring (bicyclic) bond motifs is 1. The van der Waals surface area contributed by atoms with E-state index in [4.69, 9.17) is 4.74 Å². The van der Waals surface area contributed by atoms with Gasteiger partial charge in [-0.15, -0.1) is 0 Å². The van der Waals surface area contributed by atoms with Gasteiger partial charge in [0.05, 0.1) is 11.4 Å². The van der Waals surface area contributed by atoms with Crippen molar-refractivity contribution >= 4 is 27.7 Å². The molecule has 2 heterocycles. The van der Waals surface area contributed by atoms with Gasteiger partial charge in [0.15, 0.2) is 0 Å². The third-order valence-corrected chi connectivity index (χ3v) is 7.13. The van der Waals surface area contributed by atoms with Crippen molar-refractivity contribution in [2.45, 2.75) is 45.6 Å². The van der Waals surface area contributed by atoms with Crippen LogP contribution >= 0.6 is 0 Å². The van der Waals surface area contributed by atoms with Gasteiger partial charge in [-0.3, -0.25) is 9.10 Å². The molecule has 0 radical (unpaired) electrons. The quantitative estimate of drug-likeness (QED) is 0.761. The van der Waals surface area contributed by atoms with E-state index in [1.807, 2.05) is 45.0 Å². The first-order chi connectivity index (χ1) is 14.1. The van der Waals surface area contributed by atoms with Crippen LogP contribution in [0.5, 0.6) is 0 Å². The Bertz CT molecular complexity index is 886. The number of hydrogen-bond donors (Lipinski definition) is 1. The third-order valence-electron chi connectivity index (χ3n) is 5.36. The first kappa shape index (κ1) is 22.4. The van der Waals surface area contributed by atoms with Crippen LogP contribution in [0.25, 0.3) is 0 Å². The van der Waals surface area contributed by atoms with E-state index in [0.717, 1.165) is 11.3 Å². The SMILES string of the molecule is CC(C)(C)OC(=O)N1CCC(C(=O)NCCS(=O)(=O)N2CCc3ccccc32)CC1. The lowest BCUT2D eigenvalue weighted by Crippen LogP contribution is -2.45. The molecule has 0 aromatic heterocycles. The van der Waals surface area contributed by atoms with E-state index in [-0.39, 0.29) is 30.2 Å². The number of nitrogens with zero attached hydrogens (tertiary/aromatic N) is 2. The number of benzene rings is 1. The molecule has 1 fully saturated rings. The number of hydrogen-bond acceptors (Lipinski definition) is 5. The molecule has 8 nitrogen and oxygen atoms in total. The second-order valence-corrected chi connectivity index (χ2v) is 10.8. The maximum Gasteiger partial charge on any atom is 0.410 e. The highest BCUT2D eigenvalue weighted by atomic mass is 32.2. The Hall–Kier alpha value is -2.29. The number of amides is 2. The number of likely N-dealkylation sites (tertiary alicyclic amines) is 1. The van der Waals surface area contributed by atoms with E-state index >= 15 is 0 Å². The number of carbonyl (C=O) groups excluding carboxylic acids is 2. The molecule has 2 aliphatic rings. The molecule has 1 N–H and O–H groups in total. The summed E-state index contributed by atoms with van der Waals surface area (Å²) in [5.41, 5.74) is 1.22. The van der Waals surface area contributed by atoms with Gasteiger partial charge in [0, 0.05) is 32.1 Å². The second-order valence-electron chi connectivity index (χ2n) is 8.80. The molecule has 166 valence electrons. The predicted octanol–water partition coefficient (Wildman–Crippen LogP) is 2.14. The van der Waals surface area contributed by atoms with Gasteiger partial charge in [-0.2, -0.15) is 0 Å². The molecule has 2 amide bonds. The monoisotopic (exact) mass is 437 g/mol. The molecule has 1 aromatic carbocycles. The Morgan fingerprint density at radius 2 is 1.80 bits per heavy atom. The summed E-state index contributed by atoms with van der Waals surface area (Å²) in [7, 11) is -3.49. The number of anilines is 1. The molecular formula is C21H31N3O5S. The minimum Gasteiger partial charge on any atom is -0.444 e. The Balaban J connectivity index is 1.44. The van der Waals surface area contributed by atoms with Crippen molar-refractivity contribution in [2.24, 2.45) is 5.92 Å². The van der Waals surface area contributed by atoms with Crippen LogP contribution < -0.4 is 9.62 Å². The molecule has 30 heavy (non-hydrogen) atoms. The van der Waals surface area contributed by atoms with E-state index in [2.05, 4.69) is 5.32 Å². The number of sulfonamides is 1. The van der Waals surface area contributed by atoms with Crippen LogP contribution in [0.4, 0.5) is 10.5 Å². The zero-order valence-corrected chi connectivity index (χ0v) is 18.7. The lowest BCUT2D eigenvalue weighted by Gasteiger charge is -2.33. The van der Waals surface area contributed by atoms with E-state index in [0.29, 0.717) is 38.9 Å². The fourth-order valence-corrected chi connectivity index (χ4v) is 5.23. The summed E-state index contributed by atoms with van der Waals surface area (Å²) in [6.45, 7) is 6.89. The minimum atomic E-state index is -3.49. The first-order valence-electron chi connectivity index (χ1n) is 10.4. The number of nitrogens with one attached hydrogen (secondary N) is 1. The highest BCUT2D eigenvalue weighted by molar-refractivity contribution is 7.92. The molecule has 1 saturated heterocycles. The predicted molar refractivity (Wildman–Crippen MR) is 115 cm³/mol.